The Morgan fingerprint density at radius 3 is 1.23 bits per heavy atom. The Labute approximate surface area is 251 Å². The number of esters is 2. The molecule has 0 aliphatic rings. The first-order chi connectivity index (χ1) is 20.7. The maximum atomic E-state index is 14.8. The number of carbonyl (C=O) groups excluding carboxylic acids is 2. The third-order valence-electron chi connectivity index (χ3n) is 6.23. The molecule has 0 N–H and O–H groups in total. The first-order valence-corrected chi connectivity index (χ1v) is 13.6. The molecule has 0 aliphatic carbocycles. The van der Waals surface area contributed by atoms with Crippen molar-refractivity contribution in [3.8, 4) is 11.5 Å². The van der Waals surface area contributed by atoms with E-state index in [0.717, 1.165) is 27.8 Å². The highest BCUT2D eigenvalue weighted by Crippen LogP contribution is 2.20. The second kappa shape index (κ2) is 14.4. The molecule has 0 saturated carbocycles. The summed E-state index contributed by atoms with van der Waals surface area (Å²) in [6.07, 6.45) is 11.3. The number of hydrogen-bond donors (Lipinski definition) is 0. The highest BCUT2D eigenvalue weighted by Gasteiger charge is 2.06. The summed E-state index contributed by atoms with van der Waals surface area (Å²) >= 11 is 0. The quantitative estimate of drug-likeness (QED) is 0.0825. The fourth-order valence-electron chi connectivity index (χ4n) is 3.75. The average molecular weight is 571 g/mol. The molecule has 5 heteroatoms. The Hall–Kier alpha value is -5.55. The Kier molecular flexibility index (Phi) is 10.2. The van der Waals surface area contributed by atoms with Gasteiger partial charge < -0.3 is 9.47 Å². The van der Waals surface area contributed by atoms with Gasteiger partial charge in [0.2, 0.25) is 0 Å². The predicted octanol–water partition coefficient (Wildman–Crippen LogP) is 9.30. The highest BCUT2D eigenvalue weighted by molar-refractivity contribution is 5.89. The largest absolute Gasteiger partial charge is 0.423 e. The number of rotatable bonds is 10. The van der Waals surface area contributed by atoms with E-state index < -0.39 is 11.9 Å². The molecule has 0 atom stereocenters. The van der Waals surface area contributed by atoms with Crippen LogP contribution >= 0.6 is 0 Å². The van der Waals surface area contributed by atoms with Gasteiger partial charge in [-0.05, 0) is 72.0 Å². The van der Waals surface area contributed by atoms with Crippen LogP contribution in [0, 0.1) is 5.82 Å². The minimum absolute atomic E-state index is 0.325. The van der Waals surface area contributed by atoms with Crippen molar-refractivity contribution in [2.45, 2.75) is 13.8 Å². The Balaban J connectivity index is 1.32. The molecule has 0 saturated heterocycles. The van der Waals surface area contributed by atoms with Gasteiger partial charge in [-0.15, -0.1) is 0 Å². The van der Waals surface area contributed by atoms with Gasteiger partial charge in [-0.1, -0.05) is 110 Å². The molecule has 4 aromatic rings. The van der Waals surface area contributed by atoms with E-state index in [1.165, 1.54) is 6.07 Å². The Bertz CT molecular complexity index is 1720. The SMILES string of the molecule is C=C(C)C(=O)Oc1ccc(/C=C/c2ccc(/C=C/c3ccc(/C=C/c4ccc(OC(=O)C(=C)C)cc4)c(F)c3)cc2)cc1. The normalized spacial score (nSPS) is 11.2. The summed E-state index contributed by atoms with van der Waals surface area (Å²) in [7, 11) is 0. The summed E-state index contributed by atoms with van der Waals surface area (Å²) in [5, 5.41) is 0. The summed E-state index contributed by atoms with van der Waals surface area (Å²) in [4.78, 5) is 23.3. The van der Waals surface area contributed by atoms with Gasteiger partial charge >= 0.3 is 11.9 Å². The Morgan fingerprint density at radius 1 is 0.535 bits per heavy atom. The molecule has 0 amide bonds. The monoisotopic (exact) mass is 570 g/mol. The molecule has 0 radical (unpaired) electrons. The van der Waals surface area contributed by atoms with Gasteiger partial charge in [0.1, 0.15) is 17.3 Å². The molecule has 4 nitrogen and oxygen atoms in total. The van der Waals surface area contributed by atoms with E-state index in [1.807, 2.05) is 66.8 Å². The maximum Gasteiger partial charge on any atom is 0.338 e. The van der Waals surface area contributed by atoms with Crippen LogP contribution in [0.25, 0.3) is 36.5 Å². The molecule has 0 bridgehead atoms. The van der Waals surface area contributed by atoms with E-state index in [9.17, 15) is 14.0 Å². The lowest BCUT2D eigenvalue weighted by molar-refractivity contribution is -0.130. The number of halogens is 1. The van der Waals surface area contributed by atoms with Gasteiger partial charge in [0.25, 0.3) is 0 Å². The van der Waals surface area contributed by atoms with E-state index in [-0.39, 0.29) is 5.82 Å². The van der Waals surface area contributed by atoms with Crippen molar-refractivity contribution in [3.63, 3.8) is 0 Å². The standard InChI is InChI=1S/C38H31FO4/c1-26(2)37(40)42-34-21-15-30(16-22-34)10-9-28-5-7-29(8-6-28)11-12-32-14-20-33(36(39)25-32)19-13-31-17-23-35(24-18-31)43-38(41)27(3)4/h5-25H,1,3H2,2,4H3/b10-9+,12-11+,19-13+. The summed E-state index contributed by atoms with van der Waals surface area (Å²) in [6.45, 7) is 10.3. The third-order valence-corrected chi connectivity index (χ3v) is 6.23. The molecular formula is C38H31FO4. The van der Waals surface area contributed by atoms with E-state index >= 15 is 0 Å². The molecular weight excluding hydrogens is 539 g/mol. The first kappa shape index (κ1) is 30.4. The zero-order chi connectivity index (χ0) is 30.8. The summed E-state index contributed by atoms with van der Waals surface area (Å²) in [5.74, 6) is -0.356. The van der Waals surface area contributed by atoms with Crippen molar-refractivity contribution in [1.29, 1.82) is 0 Å². The minimum Gasteiger partial charge on any atom is -0.423 e. The molecule has 0 fully saturated rings. The molecule has 0 unspecified atom stereocenters. The molecule has 4 aromatic carbocycles. The van der Waals surface area contributed by atoms with E-state index in [0.29, 0.717) is 28.2 Å². The smallest absolute Gasteiger partial charge is 0.338 e. The van der Waals surface area contributed by atoms with Crippen molar-refractivity contribution in [1.82, 2.24) is 0 Å². The zero-order valence-electron chi connectivity index (χ0n) is 24.0. The average Bonchev–Trinajstić information content (AvgIpc) is 3.00. The lowest BCUT2D eigenvalue weighted by Crippen LogP contribution is -2.07. The van der Waals surface area contributed by atoms with E-state index in [2.05, 4.69) is 13.2 Å². The molecule has 0 spiro atoms. The van der Waals surface area contributed by atoms with Crippen molar-refractivity contribution < 1.29 is 23.5 Å². The molecule has 0 heterocycles. The van der Waals surface area contributed by atoms with Crippen molar-refractivity contribution >= 4 is 48.4 Å². The fourth-order valence-corrected chi connectivity index (χ4v) is 3.75. The third kappa shape index (κ3) is 9.23. The molecule has 214 valence electrons. The van der Waals surface area contributed by atoms with Gasteiger partial charge in [0.15, 0.2) is 0 Å². The van der Waals surface area contributed by atoms with E-state index in [4.69, 9.17) is 9.47 Å². The lowest BCUT2D eigenvalue weighted by Gasteiger charge is -2.04. The van der Waals surface area contributed by atoms with Crippen LogP contribution in [-0.2, 0) is 9.59 Å². The minimum atomic E-state index is -0.477. The number of benzene rings is 4. The Morgan fingerprint density at radius 2 is 0.860 bits per heavy atom. The second-order valence-corrected chi connectivity index (χ2v) is 9.93. The van der Waals surface area contributed by atoms with Gasteiger partial charge in [0, 0.05) is 16.7 Å². The topological polar surface area (TPSA) is 52.6 Å². The summed E-state index contributed by atoms with van der Waals surface area (Å²) in [5.41, 5.74) is 5.72. The first-order valence-electron chi connectivity index (χ1n) is 13.6. The van der Waals surface area contributed by atoms with Crippen molar-refractivity contribution in [3.05, 3.63) is 154 Å². The van der Waals surface area contributed by atoms with Crippen molar-refractivity contribution in [2.24, 2.45) is 0 Å². The van der Waals surface area contributed by atoms with Crippen LogP contribution in [0.2, 0.25) is 0 Å². The summed E-state index contributed by atoms with van der Waals surface area (Å²) in [6, 6.07) is 27.3. The molecule has 0 aromatic heterocycles. The molecule has 4 rings (SSSR count). The van der Waals surface area contributed by atoms with Crippen LogP contribution in [0.1, 0.15) is 47.2 Å². The van der Waals surface area contributed by atoms with Gasteiger partial charge in [-0.3, -0.25) is 0 Å². The maximum absolute atomic E-state index is 14.8. The van der Waals surface area contributed by atoms with Crippen LogP contribution in [-0.4, -0.2) is 11.9 Å². The predicted molar refractivity (Wildman–Crippen MR) is 173 cm³/mol. The van der Waals surface area contributed by atoms with E-state index in [1.54, 1.807) is 68.5 Å². The van der Waals surface area contributed by atoms with Gasteiger partial charge in [0.05, 0.1) is 0 Å². The van der Waals surface area contributed by atoms with Crippen LogP contribution in [0.5, 0.6) is 11.5 Å². The molecule has 0 aliphatic heterocycles. The molecule has 43 heavy (non-hydrogen) atoms. The fraction of sp³-hybridized carbons (Fsp3) is 0.0526. The van der Waals surface area contributed by atoms with Gasteiger partial charge in [-0.2, -0.15) is 0 Å². The number of carbonyl (C=O) groups is 2. The van der Waals surface area contributed by atoms with Crippen molar-refractivity contribution in [2.75, 3.05) is 0 Å². The van der Waals surface area contributed by atoms with Crippen LogP contribution < -0.4 is 9.47 Å². The van der Waals surface area contributed by atoms with Crippen LogP contribution in [0.4, 0.5) is 4.39 Å². The highest BCUT2D eigenvalue weighted by atomic mass is 19.1. The summed E-state index contributed by atoms with van der Waals surface area (Å²) < 4.78 is 25.2. The lowest BCUT2D eigenvalue weighted by atomic mass is 10.1. The number of hydrogen-bond acceptors (Lipinski definition) is 4. The zero-order valence-corrected chi connectivity index (χ0v) is 24.0. The number of ether oxygens (including phenoxy) is 2. The van der Waals surface area contributed by atoms with Crippen LogP contribution in [0.15, 0.2) is 115 Å². The van der Waals surface area contributed by atoms with Gasteiger partial charge in [-0.25, -0.2) is 14.0 Å². The second-order valence-electron chi connectivity index (χ2n) is 9.93. The van der Waals surface area contributed by atoms with Crippen LogP contribution in [0.3, 0.4) is 0 Å².